The first-order valence-corrected chi connectivity index (χ1v) is 13.7. The van der Waals surface area contributed by atoms with Crippen LogP contribution in [0.5, 0.6) is 0 Å². The van der Waals surface area contributed by atoms with Gasteiger partial charge in [0.25, 0.3) is 11.5 Å². The van der Waals surface area contributed by atoms with Gasteiger partial charge in [-0.3, -0.25) is 9.59 Å². The van der Waals surface area contributed by atoms with E-state index in [1.165, 1.54) is 0 Å². The zero-order valence-electron chi connectivity index (χ0n) is 22.7. The second-order valence-corrected chi connectivity index (χ2v) is 11.0. The summed E-state index contributed by atoms with van der Waals surface area (Å²) in [7, 11) is 0. The summed E-state index contributed by atoms with van der Waals surface area (Å²) in [5, 5.41) is 3.38. The van der Waals surface area contributed by atoms with Crippen molar-refractivity contribution in [3.05, 3.63) is 91.1 Å². The van der Waals surface area contributed by atoms with E-state index < -0.39 is 5.60 Å². The Labute approximate surface area is 232 Å². The minimum atomic E-state index is -0.614. The Balaban J connectivity index is 1.35. The van der Waals surface area contributed by atoms with Gasteiger partial charge in [-0.2, -0.15) is 0 Å². The van der Waals surface area contributed by atoms with Gasteiger partial charge in [0.05, 0.1) is 0 Å². The SMILES string of the molecule is CCN(c1cc(Cl)cc(C(=O)NCc2c(C)cc(C)[nH]c2=O)c1C)C1CCC2(CC1)OC(=O)c1ncccc12. The molecule has 2 aliphatic rings. The molecule has 2 N–H and O–H groups in total. The van der Waals surface area contributed by atoms with E-state index in [1.807, 2.05) is 45.0 Å². The molecule has 1 aliphatic carbocycles. The third-order valence-corrected chi connectivity index (χ3v) is 8.36. The molecule has 8 nitrogen and oxygen atoms in total. The lowest BCUT2D eigenvalue weighted by atomic mass is 9.77. The number of hydrogen-bond acceptors (Lipinski definition) is 6. The lowest BCUT2D eigenvalue weighted by Gasteiger charge is -2.42. The van der Waals surface area contributed by atoms with Crippen LogP contribution in [0, 0.1) is 20.8 Å². The standard InChI is InChI=1S/C30H33ClN4O4/c1-5-35(21-8-10-30(11-9-21)24-7-6-12-32-26(24)29(38)39-30)25-15-20(31)14-22(19(25)4)27(36)33-16-23-17(2)13-18(3)34-28(23)37/h6-7,12-15,21H,5,8-11,16H2,1-4H3,(H,33,36)(H,34,37). The number of aromatic nitrogens is 2. The number of benzene rings is 1. The maximum atomic E-state index is 13.3. The first-order valence-electron chi connectivity index (χ1n) is 13.4. The molecule has 1 saturated carbocycles. The number of nitrogens with zero attached hydrogens (tertiary/aromatic N) is 2. The van der Waals surface area contributed by atoms with Gasteiger partial charge in [0, 0.05) is 58.4 Å². The number of aryl methyl sites for hydroxylation is 2. The minimum absolute atomic E-state index is 0.124. The van der Waals surface area contributed by atoms with Crippen LogP contribution in [0.1, 0.15) is 81.4 Å². The molecule has 0 bridgehead atoms. The van der Waals surface area contributed by atoms with Crippen LogP contribution in [0.3, 0.4) is 0 Å². The normalized spacial score (nSPS) is 20.0. The highest BCUT2D eigenvalue weighted by molar-refractivity contribution is 6.31. The van der Waals surface area contributed by atoms with E-state index in [0.29, 0.717) is 34.7 Å². The van der Waals surface area contributed by atoms with Gasteiger partial charge >= 0.3 is 5.97 Å². The molecule has 1 spiro atoms. The van der Waals surface area contributed by atoms with Crippen LogP contribution in [-0.4, -0.2) is 34.4 Å². The summed E-state index contributed by atoms with van der Waals surface area (Å²) in [5.74, 6) is -0.628. The number of carbonyl (C=O) groups is 2. The van der Waals surface area contributed by atoms with E-state index in [-0.39, 0.29) is 30.0 Å². The minimum Gasteiger partial charge on any atom is -0.449 e. The summed E-state index contributed by atoms with van der Waals surface area (Å²) in [5.41, 5.74) is 4.86. The molecule has 0 unspecified atom stereocenters. The van der Waals surface area contributed by atoms with E-state index in [9.17, 15) is 14.4 Å². The van der Waals surface area contributed by atoms with E-state index >= 15 is 0 Å². The fraction of sp³-hybridized carbons (Fsp3) is 0.400. The molecule has 1 aromatic carbocycles. The zero-order valence-corrected chi connectivity index (χ0v) is 23.4. The third-order valence-electron chi connectivity index (χ3n) is 8.14. The summed E-state index contributed by atoms with van der Waals surface area (Å²) in [4.78, 5) is 47.5. The number of hydrogen-bond donors (Lipinski definition) is 2. The molecule has 1 aliphatic heterocycles. The number of fused-ring (bicyclic) bond motifs is 2. The van der Waals surface area contributed by atoms with E-state index in [0.717, 1.165) is 47.5 Å². The highest BCUT2D eigenvalue weighted by atomic mass is 35.5. The van der Waals surface area contributed by atoms with Gasteiger partial charge in [0.15, 0.2) is 5.69 Å². The predicted octanol–water partition coefficient (Wildman–Crippen LogP) is 5.11. The fourth-order valence-corrected chi connectivity index (χ4v) is 6.37. The molecule has 3 aromatic rings. The van der Waals surface area contributed by atoms with E-state index in [2.05, 4.69) is 27.1 Å². The molecule has 0 saturated heterocycles. The van der Waals surface area contributed by atoms with Crippen LogP contribution >= 0.6 is 11.6 Å². The van der Waals surface area contributed by atoms with Gasteiger partial charge in [0.1, 0.15) is 5.60 Å². The zero-order chi connectivity index (χ0) is 27.9. The average molecular weight is 549 g/mol. The van der Waals surface area contributed by atoms with Crippen LogP contribution in [-0.2, 0) is 16.9 Å². The lowest BCUT2D eigenvalue weighted by Crippen LogP contribution is -2.43. The number of anilines is 1. The third kappa shape index (κ3) is 4.93. The number of aromatic amines is 1. The second kappa shape index (κ2) is 10.5. The van der Waals surface area contributed by atoms with Crippen LogP contribution in [0.15, 0.2) is 41.3 Å². The summed E-state index contributed by atoms with van der Waals surface area (Å²) in [6.45, 7) is 8.57. The number of nitrogens with one attached hydrogen (secondary N) is 2. The number of amides is 1. The van der Waals surface area contributed by atoms with Crippen molar-refractivity contribution in [2.24, 2.45) is 0 Å². The van der Waals surface area contributed by atoms with Gasteiger partial charge < -0.3 is 19.9 Å². The van der Waals surface area contributed by atoms with Crippen molar-refractivity contribution in [1.29, 1.82) is 0 Å². The first-order chi connectivity index (χ1) is 18.6. The van der Waals surface area contributed by atoms with Crippen molar-refractivity contribution < 1.29 is 14.3 Å². The number of halogens is 1. The number of ether oxygens (including phenoxy) is 1. The van der Waals surface area contributed by atoms with E-state index in [4.69, 9.17) is 16.3 Å². The Morgan fingerprint density at radius 1 is 1.21 bits per heavy atom. The Morgan fingerprint density at radius 3 is 2.64 bits per heavy atom. The molecule has 39 heavy (non-hydrogen) atoms. The highest BCUT2D eigenvalue weighted by Gasteiger charge is 2.49. The molecule has 1 amide bonds. The van der Waals surface area contributed by atoms with Gasteiger partial charge in [-0.25, -0.2) is 9.78 Å². The van der Waals surface area contributed by atoms with Gasteiger partial charge in [0.2, 0.25) is 0 Å². The Morgan fingerprint density at radius 2 is 1.95 bits per heavy atom. The van der Waals surface area contributed by atoms with Crippen molar-refractivity contribution in [3.63, 3.8) is 0 Å². The van der Waals surface area contributed by atoms with E-state index in [1.54, 1.807) is 12.3 Å². The molecule has 204 valence electrons. The molecule has 0 radical (unpaired) electrons. The lowest BCUT2D eigenvalue weighted by molar-refractivity contribution is -0.0309. The molecule has 1 fully saturated rings. The largest absolute Gasteiger partial charge is 0.449 e. The monoisotopic (exact) mass is 548 g/mol. The smallest absolute Gasteiger partial charge is 0.358 e. The second-order valence-electron chi connectivity index (χ2n) is 10.5. The quantitative estimate of drug-likeness (QED) is 0.415. The maximum Gasteiger partial charge on any atom is 0.358 e. The topological polar surface area (TPSA) is 104 Å². The van der Waals surface area contributed by atoms with Gasteiger partial charge in [-0.15, -0.1) is 0 Å². The van der Waals surface area contributed by atoms with Gasteiger partial charge in [-0.05, 0) is 88.8 Å². The van der Waals surface area contributed by atoms with Crippen LogP contribution in [0.2, 0.25) is 5.02 Å². The molecule has 0 atom stereocenters. The van der Waals surface area contributed by atoms with Crippen LogP contribution in [0.4, 0.5) is 5.69 Å². The van der Waals surface area contributed by atoms with Gasteiger partial charge in [-0.1, -0.05) is 17.7 Å². The molecule has 5 rings (SSSR count). The number of esters is 1. The summed E-state index contributed by atoms with van der Waals surface area (Å²) in [6, 6.07) is 9.47. The molecule has 2 aromatic heterocycles. The number of H-pyrrole nitrogens is 1. The van der Waals surface area contributed by atoms with Crippen molar-refractivity contribution in [3.8, 4) is 0 Å². The van der Waals surface area contributed by atoms with Crippen molar-refractivity contribution in [2.45, 2.75) is 71.6 Å². The Hall–Kier alpha value is -3.65. The molecule has 9 heteroatoms. The summed E-state index contributed by atoms with van der Waals surface area (Å²) >= 11 is 6.54. The molecular weight excluding hydrogens is 516 g/mol. The number of pyridine rings is 2. The highest BCUT2D eigenvalue weighted by Crippen LogP contribution is 2.47. The molecular formula is C30H33ClN4O4. The first kappa shape index (κ1) is 26.9. The number of rotatable bonds is 6. The predicted molar refractivity (Wildman–Crippen MR) is 151 cm³/mol. The fourth-order valence-electron chi connectivity index (χ4n) is 6.16. The maximum absolute atomic E-state index is 13.3. The number of carbonyl (C=O) groups excluding carboxylic acids is 2. The van der Waals surface area contributed by atoms with Crippen molar-refractivity contribution in [1.82, 2.24) is 15.3 Å². The Bertz CT molecular complexity index is 1510. The Kier molecular flexibility index (Phi) is 7.25. The van der Waals surface area contributed by atoms with Crippen LogP contribution < -0.4 is 15.8 Å². The summed E-state index contributed by atoms with van der Waals surface area (Å²) in [6.07, 6.45) is 4.67. The molecule has 3 heterocycles. The van der Waals surface area contributed by atoms with Crippen LogP contribution in [0.25, 0.3) is 0 Å². The average Bonchev–Trinajstić information content (AvgIpc) is 3.17. The van der Waals surface area contributed by atoms with Crippen molar-refractivity contribution in [2.75, 3.05) is 11.4 Å². The van der Waals surface area contributed by atoms with Crippen molar-refractivity contribution >= 4 is 29.2 Å². The summed E-state index contributed by atoms with van der Waals surface area (Å²) < 4.78 is 5.89.